The Kier molecular flexibility index (Phi) is 12.8. The standard InChI is InChI=1S/C11H21Cl2O2PS2/c1-3-5-8-14-16(17,15-9-6-4-2)18-10-7-11(12)13/h7H,3-6,8-10H2,1-2H3. The number of halogens is 2. The summed E-state index contributed by atoms with van der Waals surface area (Å²) in [5.41, 5.74) is -2.25. The Hall–Kier alpha value is 1.24. The fourth-order valence-electron chi connectivity index (χ4n) is 0.945. The van der Waals surface area contributed by atoms with Gasteiger partial charge in [-0.15, -0.1) is 0 Å². The molecule has 0 aromatic rings. The minimum atomic E-state index is -2.25. The predicted octanol–water partition coefficient (Wildman–Crippen LogP) is 5.90. The van der Waals surface area contributed by atoms with E-state index in [4.69, 9.17) is 44.1 Å². The molecule has 0 fully saturated rings. The SMILES string of the molecule is CCCCOP(=S)(OCCCC)SCC=C(Cl)Cl. The van der Waals surface area contributed by atoms with E-state index < -0.39 is 5.69 Å². The highest BCUT2D eigenvalue weighted by Crippen LogP contribution is 2.61. The van der Waals surface area contributed by atoms with Crippen molar-refractivity contribution in [3.8, 4) is 0 Å². The molecule has 0 aliphatic carbocycles. The van der Waals surface area contributed by atoms with Crippen LogP contribution in [0.1, 0.15) is 39.5 Å². The highest BCUT2D eigenvalue weighted by molar-refractivity contribution is 8.67. The fraction of sp³-hybridized carbons (Fsp3) is 0.818. The van der Waals surface area contributed by atoms with E-state index in [2.05, 4.69) is 13.8 Å². The van der Waals surface area contributed by atoms with Gasteiger partial charge in [0.15, 0.2) is 0 Å². The molecule has 0 unspecified atom stereocenters. The van der Waals surface area contributed by atoms with Gasteiger partial charge in [-0.3, -0.25) is 0 Å². The lowest BCUT2D eigenvalue weighted by Crippen LogP contribution is -1.97. The van der Waals surface area contributed by atoms with Crippen molar-refractivity contribution in [2.75, 3.05) is 19.0 Å². The van der Waals surface area contributed by atoms with E-state index in [1.54, 1.807) is 6.08 Å². The van der Waals surface area contributed by atoms with Gasteiger partial charge in [0.1, 0.15) is 4.49 Å². The zero-order chi connectivity index (χ0) is 13.9. The van der Waals surface area contributed by atoms with Crippen LogP contribution in [-0.4, -0.2) is 19.0 Å². The lowest BCUT2D eigenvalue weighted by Gasteiger charge is -2.20. The summed E-state index contributed by atoms with van der Waals surface area (Å²) in [4.78, 5) is 0. The van der Waals surface area contributed by atoms with Crippen molar-refractivity contribution in [2.24, 2.45) is 0 Å². The molecule has 0 radical (unpaired) electrons. The molecule has 0 saturated heterocycles. The lowest BCUT2D eigenvalue weighted by molar-refractivity contribution is 0.253. The highest BCUT2D eigenvalue weighted by Gasteiger charge is 2.19. The van der Waals surface area contributed by atoms with Crippen LogP contribution in [0.15, 0.2) is 10.6 Å². The maximum atomic E-state index is 5.75. The van der Waals surface area contributed by atoms with Gasteiger partial charge in [-0.1, -0.05) is 61.3 Å². The highest BCUT2D eigenvalue weighted by atomic mass is 35.5. The molecular formula is C11H21Cl2O2PS2. The Bertz CT molecular complexity index is 270. The molecule has 0 aliphatic heterocycles. The summed E-state index contributed by atoms with van der Waals surface area (Å²) in [6.45, 7) is 5.55. The predicted molar refractivity (Wildman–Crippen MR) is 88.3 cm³/mol. The van der Waals surface area contributed by atoms with Gasteiger partial charge in [0.05, 0.1) is 13.2 Å². The van der Waals surface area contributed by atoms with Gasteiger partial charge in [0.2, 0.25) is 5.69 Å². The Morgan fingerprint density at radius 3 is 2.06 bits per heavy atom. The van der Waals surface area contributed by atoms with E-state index in [1.165, 1.54) is 11.4 Å². The van der Waals surface area contributed by atoms with Crippen molar-refractivity contribution >= 4 is 52.1 Å². The third kappa shape index (κ3) is 11.1. The van der Waals surface area contributed by atoms with Gasteiger partial charge in [-0.2, -0.15) is 0 Å². The lowest BCUT2D eigenvalue weighted by atomic mass is 10.4. The Labute approximate surface area is 130 Å². The van der Waals surface area contributed by atoms with Crippen molar-refractivity contribution in [3.63, 3.8) is 0 Å². The summed E-state index contributed by atoms with van der Waals surface area (Å²) in [6.07, 6.45) is 5.89. The van der Waals surface area contributed by atoms with Gasteiger partial charge in [-0.25, -0.2) is 0 Å². The zero-order valence-electron chi connectivity index (χ0n) is 10.9. The van der Waals surface area contributed by atoms with Crippen LogP contribution in [0.3, 0.4) is 0 Å². The van der Waals surface area contributed by atoms with Gasteiger partial charge >= 0.3 is 0 Å². The van der Waals surface area contributed by atoms with Crippen LogP contribution in [0, 0.1) is 0 Å². The average molecular weight is 351 g/mol. The molecule has 0 aliphatic rings. The average Bonchev–Trinajstić information content (AvgIpc) is 2.29. The molecule has 0 bridgehead atoms. The van der Waals surface area contributed by atoms with E-state index in [0.717, 1.165) is 25.7 Å². The smallest absolute Gasteiger partial charge is 0.247 e. The van der Waals surface area contributed by atoms with Gasteiger partial charge in [-0.05, 0) is 30.7 Å². The summed E-state index contributed by atoms with van der Waals surface area (Å²) in [6, 6.07) is 0. The van der Waals surface area contributed by atoms with Crippen LogP contribution in [-0.2, 0) is 20.9 Å². The normalized spacial score (nSPS) is 11.6. The Balaban J connectivity index is 4.20. The summed E-state index contributed by atoms with van der Waals surface area (Å²) in [5.74, 6) is 0.623. The maximum absolute atomic E-state index is 5.75. The second kappa shape index (κ2) is 12.0. The van der Waals surface area contributed by atoms with Crippen LogP contribution in [0.4, 0.5) is 0 Å². The Morgan fingerprint density at radius 2 is 1.67 bits per heavy atom. The van der Waals surface area contributed by atoms with Crippen molar-refractivity contribution in [3.05, 3.63) is 10.6 Å². The molecule has 0 rings (SSSR count). The van der Waals surface area contributed by atoms with Gasteiger partial charge in [0.25, 0.3) is 0 Å². The molecule has 0 aromatic carbocycles. The van der Waals surface area contributed by atoms with Gasteiger partial charge in [0, 0.05) is 5.75 Å². The second-order valence-electron chi connectivity index (χ2n) is 3.61. The molecule has 0 heterocycles. The molecule has 0 N–H and O–H groups in total. The number of rotatable bonds is 11. The zero-order valence-corrected chi connectivity index (χ0v) is 14.9. The first kappa shape index (κ1) is 19.2. The first-order valence-electron chi connectivity index (χ1n) is 6.09. The first-order chi connectivity index (χ1) is 8.54. The second-order valence-corrected chi connectivity index (χ2v) is 11.0. The quantitative estimate of drug-likeness (QED) is 0.341. The van der Waals surface area contributed by atoms with Crippen LogP contribution >= 0.6 is 40.3 Å². The molecule has 0 saturated carbocycles. The van der Waals surface area contributed by atoms with E-state index in [9.17, 15) is 0 Å². The van der Waals surface area contributed by atoms with Crippen LogP contribution in [0.25, 0.3) is 0 Å². The van der Waals surface area contributed by atoms with E-state index in [0.29, 0.717) is 19.0 Å². The summed E-state index contributed by atoms with van der Waals surface area (Å²) in [5, 5.41) is 0. The number of hydrogen-bond acceptors (Lipinski definition) is 4. The molecule has 0 aromatic heterocycles. The molecule has 18 heavy (non-hydrogen) atoms. The van der Waals surface area contributed by atoms with Crippen molar-refractivity contribution in [1.82, 2.24) is 0 Å². The summed E-state index contributed by atoms with van der Waals surface area (Å²) < 4.78 is 11.8. The van der Waals surface area contributed by atoms with Crippen LogP contribution in [0.2, 0.25) is 0 Å². The molecule has 0 amide bonds. The van der Waals surface area contributed by atoms with E-state index in [-0.39, 0.29) is 4.49 Å². The third-order valence-corrected chi connectivity index (χ3v) is 7.51. The monoisotopic (exact) mass is 350 g/mol. The number of hydrogen-bond donors (Lipinski definition) is 0. The fourth-order valence-corrected chi connectivity index (χ4v) is 5.30. The molecule has 2 nitrogen and oxygen atoms in total. The topological polar surface area (TPSA) is 18.5 Å². The van der Waals surface area contributed by atoms with E-state index in [1.807, 2.05) is 0 Å². The summed E-state index contributed by atoms with van der Waals surface area (Å²) >= 11 is 18.1. The van der Waals surface area contributed by atoms with Crippen LogP contribution in [0.5, 0.6) is 0 Å². The molecule has 7 heteroatoms. The molecular weight excluding hydrogens is 330 g/mol. The van der Waals surface area contributed by atoms with Crippen molar-refractivity contribution < 1.29 is 9.05 Å². The largest absolute Gasteiger partial charge is 0.322 e. The minimum absolute atomic E-state index is 0.256. The molecule has 0 atom stereocenters. The van der Waals surface area contributed by atoms with Crippen molar-refractivity contribution in [1.29, 1.82) is 0 Å². The van der Waals surface area contributed by atoms with Crippen molar-refractivity contribution in [2.45, 2.75) is 39.5 Å². The third-order valence-electron chi connectivity index (χ3n) is 1.96. The molecule has 0 spiro atoms. The van der Waals surface area contributed by atoms with E-state index >= 15 is 0 Å². The maximum Gasteiger partial charge on any atom is 0.247 e. The Morgan fingerprint density at radius 1 is 1.17 bits per heavy atom. The first-order valence-corrected chi connectivity index (χ1v) is 11.1. The van der Waals surface area contributed by atoms with Gasteiger partial charge < -0.3 is 9.05 Å². The van der Waals surface area contributed by atoms with Crippen LogP contribution < -0.4 is 0 Å². The minimum Gasteiger partial charge on any atom is -0.322 e. The molecule has 108 valence electrons. The number of unbranched alkanes of at least 4 members (excludes halogenated alkanes) is 2. The summed E-state index contributed by atoms with van der Waals surface area (Å²) in [7, 11) is 0.